The Morgan fingerprint density at radius 1 is 1.21 bits per heavy atom. The highest BCUT2D eigenvalue weighted by Crippen LogP contribution is 2.04. The minimum absolute atomic E-state index is 0.728. The van der Waals surface area contributed by atoms with Gasteiger partial charge in [0.2, 0.25) is 0 Å². The molecule has 0 aliphatic carbocycles. The molecule has 0 saturated heterocycles. The van der Waals surface area contributed by atoms with Crippen LogP contribution < -0.4 is 0 Å². The van der Waals surface area contributed by atoms with E-state index in [-0.39, 0.29) is 0 Å². The van der Waals surface area contributed by atoms with E-state index in [0.29, 0.717) is 0 Å². The summed E-state index contributed by atoms with van der Waals surface area (Å²) in [6.45, 7) is 2.17. The molecule has 14 heavy (non-hydrogen) atoms. The predicted octanol–water partition coefficient (Wildman–Crippen LogP) is 3.46. The molecular weight excluding hydrogens is 170 g/mol. The minimum atomic E-state index is 0.728. The molecule has 1 nitrogen and oxygen atoms in total. The zero-order valence-corrected chi connectivity index (χ0v) is 8.53. The third-order valence-electron chi connectivity index (χ3n) is 2.06. The van der Waals surface area contributed by atoms with Gasteiger partial charge < -0.3 is 0 Å². The number of nitrogens with zero attached hydrogens (tertiary/aromatic N) is 1. The van der Waals surface area contributed by atoms with Crippen LogP contribution in [-0.2, 0) is 6.42 Å². The number of hydrogen-bond acceptors (Lipinski definition) is 1. The van der Waals surface area contributed by atoms with E-state index in [1.165, 1.54) is 12.0 Å². The zero-order chi connectivity index (χ0) is 10.2. The van der Waals surface area contributed by atoms with Gasteiger partial charge in [0.05, 0.1) is 11.6 Å². The molecule has 1 rings (SSSR count). The molecule has 0 fully saturated rings. The van der Waals surface area contributed by atoms with E-state index in [9.17, 15) is 0 Å². The first-order valence-corrected chi connectivity index (χ1v) is 5.01. The highest BCUT2D eigenvalue weighted by Gasteiger charge is 1.90. The van der Waals surface area contributed by atoms with E-state index in [1.807, 2.05) is 24.3 Å². The average Bonchev–Trinajstić information content (AvgIpc) is 2.25. The fraction of sp³-hybridized carbons (Fsp3) is 0.308. The molecule has 0 amide bonds. The molecule has 1 aromatic rings. The van der Waals surface area contributed by atoms with Crippen LogP contribution in [-0.4, -0.2) is 0 Å². The molecule has 0 spiro atoms. The number of rotatable bonds is 4. The fourth-order valence-electron chi connectivity index (χ4n) is 1.22. The third-order valence-corrected chi connectivity index (χ3v) is 2.06. The smallest absolute Gasteiger partial charge is 0.0991 e. The Labute approximate surface area is 85.7 Å². The lowest BCUT2D eigenvalue weighted by Gasteiger charge is -1.95. The monoisotopic (exact) mass is 185 g/mol. The van der Waals surface area contributed by atoms with Crippen LogP contribution in [0.2, 0.25) is 0 Å². The number of benzene rings is 1. The van der Waals surface area contributed by atoms with E-state index >= 15 is 0 Å². The van der Waals surface area contributed by atoms with Crippen molar-refractivity contribution < 1.29 is 0 Å². The summed E-state index contributed by atoms with van der Waals surface area (Å²) in [6.07, 6.45) is 7.70. The van der Waals surface area contributed by atoms with Crippen LogP contribution in [0.3, 0.4) is 0 Å². The molecule has 1 aromatic carbocycles. The van der Waals surface area contributed by atoms with E-state index in [1.54, 1.807) is 0 Å². The Balaban J connectivity index is 2.48. The van der Waals surface area contributed by atoms with Gasteiger partial charge in [-0.25, -0.2) is 0 Å². The van der Waals surface area contributed by atoms with Crippen molar-refractivity contribution in [1.82, 2.24) is 0 Å². The van der Waals surface area contributed by atoms with Crippen LogP contribution in [0.25, 0.3) is 0 Å². The Morgan fingerprint density at radius 2 is 1.93 bits per heavy atom. The van der Waals surface area contributed by atoms with Gasteiger partial charge in [-0.1, -0.05) is 37.6 Å². The van der Waals surface area contributed by atoms with Gasteiger partial charge in [0.15, 0.2) is 0 Å². The van der Waals surface area contributed by atoms with Crippen molar-refractivity contribution in [1.29, 1.82) is 5.26 Å². The molecule has 0 aromatic heterocycles. The molecule has 0 aliphatic rings. The normalized spacial score (nSPS) is 10.3. The van der Waals surface area contributed by atoms with Crippen molar-refractivity contribution in [3.8, 4) is 6.07 Å². The Kier molecular flexibility index (Phi) is 4.50. The predicted molar refractivity (Wildman–Crippen MR) is 58.9 cm³/mol. The first-order valence-electron chi connectivity index (χ1n) is 5.01. The van der Waals surface area contributed by atoms with Gasteiger partial charge in [-0.15, -0.1) is 0 Å². The standard InChI is InChI=1S/C13H15N/c1-2-3-4-5-6-12-7-9-13(11-14)10-8-12/h4-5,7-10H,2-3,6H2,1H3/b5-4+. The van der Waals surface area contributed by atoms with Crippen molar-refractivity contribution in [2.75, 3.05) is 0 Å². The van der Waals surface area contributed by atoms with Gasteiger partial charge in [0.1, 0.15) is 0 Å². The topological polar surface area (TPSA) is 23.8 Å². The SMILES string of the molecule is CCC/C=C/Cc1ccc(C#N)cc1. The van der Waals surface area contributed by atoms with Gasteiger partial charge in [-0.05, 0) is 30.5 Å². The second kappa shape index (κ2) is 5.99. The molecular formula is C13H15N. The van der Waals surface area contributed by atoms with Gasteiger partial charge in [0.25, 0.3) is 0 Å². The summed E-state index contributed by atoms with van der Waals surface area (Å²) in [4.78, 5) is 0. The van der Waals surface area contributed by atoms with E-state index in [0.717, 1.165) is 18.4 Å². The van der Waals surface area contributed by atoms with Crippen LogP contribution in [0.5, 0.6) is 0 Å². The first-order chi connectivity index (χ1) is 6.86. The summed E-state index contributed by atoms with van der Waals surface area (Å²) in [6, 6.07) is 9.86. The number of allylic oxidation sites excluding steroid dienone is 2. The summed E-state index contributed by atoms with van der Waals surface area (Å²) < 4.78 is 0. The second-order valence-electron chi connectivity index (χ2n) is 3.27. The van der Waals surface area contributed by atoms with Crippen LogP contribution in [0.1, 0.15) is 30.9 Å². The lowest BCUT2D eigenvalue weighted by Crippen LogP contribution is -1.81. The number of hydrogen-bond donors (Lipinski definition) is 0. The number of unbranched alkanes of at least 4 members (excludes halogenated alkanes) is 1. The van der Waals surface area contributed by atoms with Crippen LogP contribution >= 0.6 is 0 Å². The molecule has 0 saturated carbocycles. The highest BCUT2D eigenvalue weighted by molar-refractivity contribution is 5.32. The Morgan fingerprint density at radius 3 is 2.50 bits per heavy atom. The summed E-state index contributed by atoms with van der Waals surface area (Å²) in [5, 5.41) is 8.61. The molecule has 0 N–H and O–H groups in total. The highest BCUT2D eigenvalue weighted by atomic mass is 14.2. The molecule has 1 heteroatoms. The lowest BCUT2D eigenvalue weighted by molar-refractivity contribution is 0.953. The van der Waals surface area contributed by atoms with Crippen LogP contribution in [0, 0.1) is 11.3 Å². The van der Waals surface area contributed by atoms with Gasteiger partial charge in [-0.3, -0.25) is 0 Å². The third kappa shape index (κ3) is 3.45. The molecule has 0 unspecified atom stereocenters. The van der Waals surface area contributed by atoms with Gasteiger partial charge in [0, 0.05) is 0 Å². The van der Waals surface area contributed by atoms with Crippen molar-refractivity contribution >= 4 is 0 Å². The van der Waals surface area contributed by atoms with Crippen molar-refractivity contribution in [3.05, 3.63) is 47.5 Å². The lowest BCUT2D eigenvalue weighted by atomic mass is 10.1. The van der Waals surface area contributed by atoms with Crippen molar-refractivity contribution in [2.45, 2.75) is 26.2 Å². The quantitative estimate of drug-likeness (QED) is 0.659. The maximum atomic E-state index is 8.61. The molecule has 72 valence electrons. The van der Waals surface area contributed by atoms with Crippen molar-refractivity contribution in [3.63, 3.8) is 0 Å². The van der Waals surface area contributed by atoms with Crippen LogP contribution in [0.4, 0.5) is 0 Å². The second-order valence-corrected chi connectivity index (χ2v) is 3.27. The summed E-state index contributed by atoms with van der Waals surface area (Å²) >= 11 is 0. The maximum Gasteiger partial charge on any atom is 0.0991 e. The largest absolute Gasteiger partial charge is 0.192 e. The summed E-state index contributed by atoms with van der Waals surface area (Å²) in [5.41, 5.74) is 1.99. The molecule has 0 radical (unpaired) electrons. The zero-order valence-electron chi connectivity index (χ0n) is 8.53. The van der Waals surface area contributed by atoms with Crippen LogP contribution in [0.15, 0.2) is 36.4 Å². The Hall–Kier alpha value is -1.55. The molecule has 0 atom stereocenters. The summed E-state index contributed by atoms with van der Waals surface area (Å²) in [5.74, 6) is 0. The van der Waals surface area contributed by atoms with E-state index in [2.05, 4.69) is 25.1 Å². The minimum Gasteiger partial charge on any atom is -0.192 e. The van der Waals surface area contributed by atoms with Crippen molar-refractivity contribution in [2.24, 2.45) is 0 Å². The van der Waals surface area contributed by atoms with Gasteiger partial charge >= 0.3 is 0 Å². The summed E-state index contributed by atoms with van der Waals surface area (Å²) in [7, 11) is 0. The number of nitriles is 1. The fourth-order valence-corrected chi connectivity index (χ4v) is 1.22. The molecule has 0 bridgehead atoms. The van der Waals surface area contributed by atoms with E-state index in [4.69, 9.17) is 5.26 Å². The van der Waals surface area contributed by atoms with Gasteiger partial charge in [-0.2, -0.15) is 5.26 Å². The Bertz CT molecular complexity index is 327. The molecule has 0 heterocycles. The van der Waals surface area contributed by atoms with E-state index < -0.39 is 0 Å². The average molecular weight is 185 g/mol. The molecule has 0 aliphatic heterocycles. The maximum absolute atomic E-state index is 8.61. The first kappa shape index (κ1) is 10.5.